The lowest BCUT2D eigenvalue weighted by Gasteiger charge is -2.11. The molecule has 0 atom stereocenters. The summed E-state index contributed by atoms with van der Waals surface area (Å²) in [5.41, 5.74) is 2.78. The summed E-state index contributed by atoms with van der Waals surface area (Å²) in [6, 6.07) is 8.77. The Labute approximate surface area is 124 Å². The van der Waals surface area contributed by atoms with Crippen molar-refractivity contribution in [3.8, 4) is 5.88 Å². The minimum absolute atomic E-state index is 0.309. The van der Waals surface area contributed by atoms with Crippen molar-refractivity contribution in [3.05, 3.63) is 47.7 Å². The summed E-state index contributed by atoms with van der Waals surface area (Å²) in [5, 5.41) is 3.23. The van der Waals surface area contributed by atoms with Gasteiger partial charge in [-0.15, -0.1) is 0 Å². The minimum atomic E-state index is -3.20. The van der Waals surface area contributed by atoms with Gasteiger partial charge in [0.2, 0.25) is 5.88 Å². The SMILES string of the molecule is COc1ccc(CNc2cc(S(C)(=O)=O)ccc2C)cn1. The zero-order valence-corrected chi connectivity index (χ0v) is 13.1. The number of nitrogens with one attached hydrogen (secondary N) is 1. The maximum atomic E-state index is 11.6. The average Bonchev–Trinajstić information content (AvgIpc) is 2.45. The number of sulfone groups is 1. The van der Waals surface area contributed by atoms with E-state index in [0.29, 0.717) is 17.3 Å². The number of nitrogens with zero attached hydrogens (tertiary/aromatic N) is 1. The molecule has 0 fully saturated rings. The third-order valence-corrected chi connectivity index (χ3v) is 4.24. The van der Waals surface area contributed by atoms with Gasteiger partial charge in [0.25, 0.3) is 0 Å². The Balaban J connectivity index is 2.15. The normalized spacial score (nSPS) is 11.2. The second-order valence-corrected chi connectivity index (χ2v) is 6.83. The van der Waals surface area contributed by atoms with Crippen LogP contribution in [0.4, 0.5) is 5.69 Å². The number of ether oxygens (including phenoxy) is 1. The van der Waals surface area contributed by atoms with Crippen molar-refractivity contribution < 1.29 is 13.2 Å². The Hall–Kier alpha value is -2.08. The quantitative estimate of drug-likeness (QED) is 0.918. The summed E-state index contributed by atoms with van der Waals surface area (Å²) >= 11 is 0. The van der Waals surface area contributed by atoms with Crippen LogP contribution in [0.25, 0.3) is 0 Å². The summed E-state index contributed by atoms with van der Waals surface area (Å²) in [7, 11) is -1.63. The lowest BCUT2D eigenvalue weighted by Crippen LogP contribution is -2.04. The molecular weight excluding hydrogens is 288 g/mol. The Morgan fingerprint density at radius 3 is 2.57 bits per heavy atom. The number of pyridine rings is 1. The Morgan fingerprint density at radius 2 is 2.00 bits per heavy atom. The summed E-state index contributed by atoms with van der Waals surface area (Å²) in [6.45, 7) is 2.49. The van der Waals surface area contributed by atoms with Gasteiger partial charge in [-0.2, -0.15) is 0 Å². The van der Waals surface area contributed by atoms with E-state index < -0.39 is 9.84 Å². The van der Waals surface area contributed by atoms with Crippen molar-refractivity contribution >= 4 is 15.5 Å². The minimum Gasteiger partial charge on any atom is -0.481 e. The zero-order valence-electron chi connectivity index (χ0n) is 12.3. The van der Waals surface area contributed by atoms with Crippen molar-refractivity contribution in [2.75, 3.05) is 18.7 Å². The molecule has 0 saturated heterocycles. The number of methoxy groups -OCH3 is 1. The summed E-state index contributed by atoms with van der Waals surface area (Å²) in [5.74, 6) is 0.564. The van der Waals surface area contributed by atoms with Crippen LogP contribution in [0.3, 0.4) is 0 Å². The first-order valence-electron chi connectivity index (χ1n) is 6.43. The topological polar surface area (TPSA) is 68.3 Å². The van der Waals surface area contributed by atoms with Crippen molar-refractivity contribution in [2.24, 2.45) is 0 Å². The van der Waals surface area contributed by atoms with Crippen LogP contribution in [-0.4, -0.2) is 26.8 Å². The molecule has 0 aliphatic carbocycles. The Bertz CT molecular complexity index is 725. The molecule has 6 heteroatoms. The molecule has 2 rings (SSSR count). The smallest absolute Gasteiger partial charge is 0.212 e. The lowest BCUT2D eigenvalue weighted by molar-refractivity contribution is 0.397. The molecule has 21 heavy (non-hydrogen) atoms. The Kier molecular flexibility index (Phi) is 4.47. The highest BCUT2D eigenvalue weighted by Crippen LogP contribution is 2.21. The van der Waals surface area contributed by atoms with Gasteiger partial charge in [-0.05, 0) is 30.2 Å². The van der Waals surface area contributed by atoms with Crippen LogP contribution in [0.2, 0.25) is 0 Å². The Morgan fingerprint density at radius 1 is 1.24 bits per heavy atom. The fourth-order valence-electron chi connectivity index (χ4n) is 1.86. The van der Waals surface area contributed by atoms with Gasteiger partial charge in [0, 0.05) is 30.8 Å². The molecule has 5 nitrogen and oxygen atoms in total. The fraction of sp³-hybridized carbons (Fsp3) is 0.267. The molecule has 0 saturated carbocycles. The summed E-state index contributed by atoms with van der Waals surface area (Å²) in [6.07, 6.45) is 2.93. The van der Waals surface area contributed by atoms with Gasteiger partial charge >= 0.3 is 0 Å². The second kappa shape index (κ2) is 6.13. The third-order valence-electron chi connectivity index (χ3n) is 3.13. The highest BCUT2D eigenvalue weighted by atomic mass is 32.2. The van der Waals surface area contributed by atoms with E-state index in [9.17, 15) is 8.42 Å². The van der Waals surface area contributed by atoms with Gasteiger partial charge in [0.15, 0.2) is 9.84 Å². The predicted molar refractivity (Wildman–Crippen MR) is 82.4 cm³/mol. The molecule has 1 aromatic heterocycles. The van der Waals surface area contributed by atoms with Crippen LogP contribution in [0.15, 0.2) is 41.4 Å². The maximum absolute atomic E-state index is 11.6. The first-order valence-corrected chi connectivity index (χ1v) is 8.33. The molecule has 0 spiro atoms. The summed E-state index contributed by atoms with van der Waals surface area (Å²) in [4.78, 5) is 4.44. The first-order chi connectivity index (χ1) is 9.90. The van der Waals surface area contributed by atoms with Crippen LogP contribution >= 0.6 is 0 Å². The highest BCUT2D eigenvalue weighted by molar-refractivity contribution is 7.90. The van der Waals surface area contributed by atoms with Crippen LogP contribution in [0.1, 0.15) is 11.1 Å². The largest absolute Gasteiger partial charge is 0.481 e. The third kappa shape index (κ3) is 3.95. The average molecular weight is 306 g/mol. The number of benzene rings is 1. The highest BCUT2D eigenvalue weighted by Gasteiger charge is 2.09. The zero-order chi connectivity index (χ0) is 15.5. The van der Waals surface area contributed by atoms with Gasteiger partial charge in [0.05, 0.1) is 12.0 Å². The molecule has 0 bridgehead atoms. The van der Waals surface area contributed by atoms with Crippen molar-refractivity contribution in [2.45, 2.75) is 18.4 Å². The molecule has 0 unspecified atom stereocenters. The van der Waals surface area contributed by atoms with Crippen LogP contribution in [-0.2, 0) is 16.4 Å². The van der Waals surface area contributed by atoms with Crippen LogP contribution < -0.4 is 10.1 Å². The molecule has 112 valence electrons. The number of aryl methyl sites for hydroxylation is 1. The lowest BCUT2D eigenvalue weighted by atomic mass is 10.2. The molecular formula is C15H18N2O3S. The van der Waals surface area contributed by atoms with E-state index >= 15 is 0 Å². The van der Waals surface area contributed by atoms with Gasteiger partial charge in [-0.25, -0.2) is 13.4 Å². The monoisotopic (exact) mass is 306 g/mol. The van der Waals surface area contributed by atoms with E-state index in [2.05, 4.69) is 10.3 Å². The fourth-order valence-corrected chi connectivity index (χ4v) is 2.50. The molecule has 0 amide bonds. The number of anilines is 1. The van der Waals surface area contributed by atoms with Gasteiger partial charge < -0.3 is 10.1 Å². The standard InChI is InChI=1S/C15H18N2O3S/c1-11-4-6-13(21(3,18)19)8-14(11)16-9-12-5-7-15(20-2)17-10-12/h4-8,10,16H,9H2,1-3H3. The predicted octanol–water partition coefficient (Wildman–Crippen LogP) is 2.41. The van der Waals surface area contributed by atoms with Gasteiger partial charge in [-0.1, -0.05) is 12.1 Å². The maximum Gasteiger partial charge on any atom is 0.212 e. The molecule has 0 aliphatic rings. The molecule has 1 heterocycles. The first kappa shape index (κ1) is 15.3. The van der Waals surface area contributed by atoms with Crippen molar-refractivity contribution in [3.63, 3.8) is 0 Å². The van der Waals surface area contributed by atoms with Gasteiger partial charge in [-0.3, -0.25) is 0 Å². The van der Waals surface area contributed by atoms with Crippen molar-refractivity contribution in [1.29, 1.82) is 0 Å². The second-order valence-electron chi connectivity index (χ2n) is 4.81. The van der Waals surface area contributed by atoms with E-state index in [1.807, 2.05) is 13.0 Å². The van der Waals surface area contributed by atoms with E-state index in [1.54, 1.807) is 37.6 Å². The van der Waals surface area contributed by atoms with Crippen LogP contribution in [0.5, 0.6) is 5.88 Å². The number of hydrogen-bond donors (Lipinski definition) is 1. The number of hydrogen-bond acceptors (Lipinski definition) is 5. The van der Waals surface area contributed by atoms with Crippen molar-refractivity contribution in [1.82, 2.24) is 4.98 Å². The number of rotatable bonds is 5. The molecule has 1 aromatic carbocycles. The molecule has 1 N–H and O–H groups in total. The summed E-state index contributed by atoms with van der Waals surface area (Å²) < 4.78 is 28.2. The number of aromatic nitrogens is 1. The van der Waals surface area contributed by atoms with E-state index in [1.165, 1.54) is 6.26 Å². The van der Waals surface area contributed by atoms with Gasteiger partial charge in [0.1, 0.15) is 0 Å². The molecule has 2 aromatic rings. The van der Waals surface area contributed by atoms with E-state index in [4.69, 9.17) is 4.74 Å². The van der Waals surface area contributed by atoms with E-state index in [-0.39, 0.29) is 0 Å². The molecule has 0 aliphatic heterocycles. The van der Waals surface area contributed by atoms with Crippen LogP contribution in [0, 0.1) is 6.92 Å². The van der Waals surface area contributed by atoms with E-state index in [0.717, 1.165) is 16.8 Å². The molecule has 0 radical (unpaired) electrons.